The molecule has 25 heavy (non-hydrogen) atoms. The first kappa shape index (κ1) is 19.8. The highest BCUT2D eigenvalue weighted by Crippen LogP contribution is 2.26. The predicted octanol–water partition coefficient (Wildman–Crippen LogP) is 0.848. The van der Waals surface area contributed by atoms with Gasteiger partial charge >= 0.3 is 5.97 Å². The molecule has 0 amide bonds. The number of halogens is 1. The molecule has 1 aliphatic rings. The van der Waals surface area contributed by atoms with Crippen molar-refractivity contribution in [2.24, 2.45) is 0 Å². The number of likely N-dealkylation sites (N-methyl/N-ethyl adjacent to an activating group) is 1. The van der Waals surface area contributed by atoms with Gasteiger partial charge in [-0.1, -0.05) is 0 Å². The molecule has 0 bridgehead atoms. The minimum atomic E-state index is -3.78. The van der Waals surface area contributed by atoms with Crippen LogP contribution in [0.15, 0.2) is 17.0 Å². The maximum Gasteiger partial charge on any atom is 0.317 e. The number of nitrogens with zero attached hydrogens (tertiary/aromatic N) is 2. The zero-order valence-corrected chi connectivity index (χ0v) is 15.3. The molecule has 7 nitrogen and oxygen atoms in total. The van der Waals surface area contributed by atoms with Crippen LogP contribution in [-0.2, 0) is 19.6 Å². The molecule has 1 aliphatic heterocycles. The number of ether oxygens (including phenoxy) is 1. The van der Waals surface area contributed by atoms with Gasteiger partial charge in [-0.3, -0.25) is 9.69 Å². The van der Waals surface area contributed by atoms with Crippen molar-refractivity contribution in [1.82, 2.24) is 9.21 Å². The fourth-order valence-corrected chi connectivity index (χ4v) is 4.96. The van der Waals surface area contributed by atoms with Crippen LogP contribution in [0.3, 0.4) is 0 Å². The number of hydrogen-bond acceptors (Lipinski definition) is 5. The summed E-state index contributed by atoms with van der Waals surface area (Å²) in [7, 11) is -2.14. The van der Waals surface area contributed by atoms with Crippen molar-refractivity contribution < 1.29 is 27.4 Å². The minimum Gasteiger partial charge on any atom is -0.480 e. The number of carbonyl (C=O) groups is 1. The summed E-state index contributed by atoms with van der Waals surface area (Å²) < 4.78 is 46.3. The van der Waals surface area contributed by atoms with Gasteiger partial charge in [0.2, 0.25) is 10.0 Å². The number of aliphatic carboxylic acids is 1. The first-order valence-electron chi connectivity index (χ1n) is 7.90. The Balaban J connectivity index is 2.18. The van der Waals surface area contributed by atoms with Gasteiger partial charge in [0, 0.05) is 19.6 Å². The number of carboxylic acid groups (broad SMARTS) is 1. The highest BCUT2D eigenvalue weighted by Gasteiger charge is 2.33. The van der Waals surface area contributed by atoms with Crippen molar-refractivity contribution in [3.63, 3.8) is 0 Å². The Hall–Kier alpha value is -1.55. The first-order chi connectivity index (χ1) is 11.6. The molecule has 1 aromatic carbocycles. The summed E-state index contributed by atoms with van der Waals surface area (Å²) >= 11 is 0. The molecule has 0 saturated carbocycles. The third kappa shape index (κ3) is 4.75. The normalized spacial score (nSPS) is 19.3. The van der Waals surface area contributed by atoms with E-state index in [-0.39, 0.29) is 31.1 Å². The second kappa shape index (κ2) is 7.77. The number of aryl methyl sites for hydroxylation is 2. The fraction of sp³-hybridized carbons (Fsp3) is 0.562. The van der Waals surface area contributed by atoms with Gasteiger partial charge in [0.05, 0.1) is 24.2 Å². The smallest absolute Gasteiger partial charge is 0.317 e. The quantitative estimate of drug-likeness (QED) is 0.794. The topological polar surface area (TPSA) is 87.2 Å². The van der Waals surface area contributed by atoms with E-state index in [9.17, 15) is 17.6 Å². The lowest BCUT2D eigenvalue weighted by Gasteiger charge is -2.34. The Labute approximate surface area is 147 Å². The van der Waals surface area contributed by atoms with Crippen molar-refractivity contribution in [2.45, 2.75) is 24.8 Å². The summed E-state index contributed by atoms with van der Waals surface area (Å²) in [6.07, 6.45) is -0.422. The Morgan fingerprint density at radius 2 is 2.00 bits per heavy atom. The summed E-state index contributed by atoms with van der Waals surface area (Å²) in [4.78, 5) is 12.4. The molecule has 1 heterocycles. The molecule has 2 rings (SSSR count). The van der Waals surface area contributed by atoms with Gasteiger partial charge in [-0.05, 0) is 44.2 Å². The SMILES string of the molecule is Cc1cc(F)cc(C)c1S(=O)(=O)N1CCOC(CN(C)CC(=O)O)C1. The van der Waals surface area contributed by atoms with E-state index in [0.717, 1.165) is 0 Å². The van der Waals surface area contributed by atoms with Crippen LogP contribution in [-0.4, -0.2) is 74.6 Å². The molecule has 1 aromatic rings. The van der Waals surface area contributed by atoms with Gasteiger partial charge in [0.15, 0.2) is 0 Å². The lowest BCUT2D eigenvalue weighted by atomic mass is 10.1. The van der Waals surface area contributed by atoms with E-state index in [1.54, 1.807) is 25.8 Å². The summed E-state index contributed by atoms with van der Waals surface area (Å²) in [6, 6.07) is 2.41. The van der Waals surface area contributed by atoms with E-state index in [4.69, 9.17) is 9.84 Å². The lowest BCUT2D eigenvalue weighted by Crippen LogP contribution is -2.49. The molecule has 0 aliphatic carbocycles. The van der Waals surface area contributed by atoms with Gasteiger partial charge in [-0.2, -0.15) is 4.31 Å². The van der Waals surface area contributed by atoms with E-state index in [2.05, 4.69) is 0 Å². The monoisotopic (exact) mass is 374 g/mol. The number of hydrogen-bond donors (Lipinski definition) is 1. The molecular weight excluding hydrogens is 351 g/mol. The van der Waals surface area contributed by atoms with Gasteiger partial charge < -0.3 is 9.84 Å². The van der Waals surface area contributed by atoms with E-state index >= 15 is 0 Å². The van der Waals surface area contributed by atoms with Gasteiger partial charge in [0.1, 0.15) is 5.82 Å². The molecule has 1 fully saturated rings. The molecule has 1 saturated heterocycles. The molecule has 1 atom stereocenters. The largest absolute Gasteiger partial charge is 0.480 e. The molecule has 0 spiro atoms. The highest BCUT2D eigenvalue weighted by atomic mass is 32.2. The van der Waals surface area contributed by atoms with E-state index in [0.29, 0.717) is 17.7 Å². The summed E-state index contributed by atoms with van der Waals surface area (Å²) in [5.41, 5.74) is 0.729. The standard InChI is InChI=1S/C16H23FN2O5S/c1-11-6-13(17)7-12(2)16(11)25(22,23)19-4-5-24-14(9-19)8-18(3)10-15(20)21/h6-7,14H,4-5,8-10H2,1-3H3,(H,20,21). The van der Waals surface area contributed by atoms with E-state index < -0.39 is 27.9 Å². The average molecular weight is 374 g/mol. The summed E-state index contributed by atoms with van der Waals surface area (Å²) in [5, 5.41) is 8.81. The van der Waals surface area contributed by atoms with Crippen LogP contribution >= 0.6 is 0 Å². The Morgan fingerprint density at radius 1 is 1.40 bits per heavy atom. The molecule has 0 radical (unpaired) electrons. The zero-order chi connectivity index (χ0) is 18.8. The van der Waals surface area contributed by atoms with Crippen molar-refractivity contribution in [3.05, 3.63) is 29.1 Å². The summed E-state index contributed by atoms with van der Waals surface area (Å²) in [6.45, 7) is 3.86. The van der Waals surface area contributed by atoms with Gasteiger partial charge in [-0.25, -0.2) is 12.8 Å². The van der Waals surface area contributed by atoms with Crippen LogP contribution in [0.1, 0.15) is 11.1 Å². The first-order valence-corrected chi connectivity index (χ1v) is 9.34. The third-order valence-corrected chi connectivity index (χ3v) is 6.22. The van der Waals surface area contributed by atoms with Crippen molar-refractivity contribution >= 4 is 16.0 Å². The average Bonchev–Trinajstić information content (AvgIpc) is 2.44. The van der Waals surface area contributed by atoms with Gasteiger partial charge in [0.25, 0.3) is 0 Å². The second-order valence-corrected chi connectivity index (χ2v) is 8.19. The fourth-order valence-electron chi connectivity index (χ4n) is 3.10. The minimum absolute atomic E-state index is 0.119. The molecule has 140 valence electrons. The summed E-state index contributed by atoms with van der Waals surface area (Å²) in [5.74, 6) is -1.43. The third-order valence-electron chi connectivity index (χ3n) is 4.04. The number of sulfonamides is 1. The maximum atomic E-state index is 13.5. The van der Waals surface area contributed by atoms with Crippen LogP contribution < -0.4 is 0 Å². The molecular formula is C16H23FN2O5S. The number of carboxylic acids is 1. The number of morpholine rings is 1. The van der Waals surface area contributed by atoms with Crippen molar-refractivity contribution in [2.75, 3.05) is 39.8 Å². The predicted molar refractivity (Wildman–Crippen MR) is 89.5 cm³/mol. The van der Waals surface area contributed by atoms with Crippen LogP contribution in [0.25, 0.3) is 0 Å². The molecule has 1 unspecified atom stereocenters. The Bertz CT molecular complexity index is 730. The molecule has 9 heteroatoms. The molecule has 0 aromatic heterocycles. The lowest BCUT2D eigenvalue weighted by molar-refractivity contribution is -0.138. The number of benzene rings is 1. The second-order valence-electron chi connectivity index (χ2n) is 6.32. The highest BCUT2D eigenvalue weighted by molar-refractivity contribution is 7.89. The van der Waals surface area contributed by atoms with Crippen LogP contribution in [0.5, 0.6) is 0 Å². The Morgan fingerprint density at radius 3 is 2.56 bits per heavy atom. The van der Waals surface area contributed by atoms with E-state index in [1.165, 1.54) is 16.4 Å². The van der Waals surface area contributed by atoms with Crippen molar-refractivity contribution in [1.29, 1.82) is 0 Å². The van der Waals surface area contributed by atoms with Crippen LogP contribution in [0.2, 0.25) is 0 Å². The molecule has 1 N–H and O–H groups in total. The van der Waals surface area contributed by atoms with Gasteiger partial charge in [-0.15, -0.1) is 0 Å². The Kier molecular flexibility index (Phi) is 6.15. The van der Waals surface area contributed by atoms with Crippen LogP contribution in [0, 0.1) is 19.7 Å². The maximum absolute atomic E-state index is 13.5. The number of rotatable bonds is 6. The zero-order valence-electron chi connectivity index (χ0n) is 14.5. The van der Waals surface area contributed by atoms with Crippen LogP contribution in [0.4, 0.5) is 4.39 Å². The van der Waals surface area contributed by atoms with E-state index in [1.807, 2.05) is 0 Å². The van der Waals surface area contributed by atoms with Crippen molar-refractivity contribution in [3.8, 4) is 0 Å².